The molecule has 1 aliphatic heterocycles. The van der Waals surface area contributed by atoms with E-state index in [0.29, 0.717) is 19.9 Å². The van der Waals surface area contributed by atoms with Gasteiger partial charge in [0.25, 0.3) is 0 Å². The molecule has 1 aliphatic rings. The van der Waals surface area contributed by atoms with Crippen molar-refractivity contribution in [1.82, 2.24) is 9.80 Å². The minimum atomic E-state index is -0.396. The Balaban J connectivity index is 1.44. The van der Waals surface area contributed by atoms with Gasteiger partial charge in [-0.2, -0.15) is 0 Å². The third-order valence-corrected chi connectivity index (χ3v) is 4.23. The lowest BCUT2D eigenvalue weighted by atomic mass is 10.2. The first-order valence-electron chi connectivity index (χ1n) is 8.58. The number of aliphatic hydroxyl groups excluding tert-OH is 1. The summed E-state index contributed by atoms with van der Waals surface area (Å²) < 4.78 is 10.7. The van der Waals surface area contributed by atoms with Gasteiger partial charge in [-0.3, -0.25) is 9.80 Å². The van der Waals surface area contributed by atoms with Crippen LogP contribution in [-0.4, -0.2) is 55.0 Å². The Bertz CT molecular complexity index is 678. The molecule has 1 atom stereocenters. The van der Waals surface area contributed by atoms with Gasteiger partial charge in [-0.1, -0.05) is 36.4 Å². The molecule has 2 aromatic rings. The maximum absolute atomic E-state index is 10.4. The second-order valence-corrected chi connectivity index (χ2v) is 6.72. The summed E-state index contributed by atoms with van der Waals surface area (Å²) in [5.74, 6) is 1.60. The Labute approximate surface area is 149 Å². The molecule has 0 aromatic heterocycles. The fourth-order valence-corrected chi connectivity index (χ4v) is 3.15. The lowest BCUT2D eigenvalue weighted by Crippen LogP contribution is -2.37. The number of hydrogen-bond acceptors (Lipinski definition) is 5. The zero-order valence-corrected chi connectivity index (χ0v) is 14.9. The first-order valence-corrected chi connectivity index (χ1v) is 8.58. The van der Waals surface area contributed by atoms with E-state index < -0.39 is 6.10 Å². The number of hydrogen-bond donors (Lipinski definition) is 1. The highest BCUT2D eigenvalue weighted by Crippen LogP contribution is 2.32. The van der Waals surface area contributed by atoms with Crippen molar-refractivity contribution in [3.8, 4) is 11.5 Å². The standard InChI is InChI=1S/C20H26N2O3/c1-21(11-16-6-4-3-5-7-16)13-18(23)14-22(2)12-17-8-9-19-20(10-17)25-15-24-19/h3-10,18,23H,11-15H2,1-2H3. The minimum absolute atomic E-state index is 0.293. The van der Waals surface area contributed by atoms with Crippen LogP contribution in [-0.2, 0) is 13.1 Å². The summed E-state index contributed by atoms with van der Waals surface area (Å²) in [7, 11) is 4.05. The molecule has 0 spiro atoms. The first-order chi connectivity index (χ1) is 12.1. The van der Waals surface area contributed by atoms with Crippen LogP contribution in [0.4, 0.5) is 0 Å². The molecule has 3 rings (SSSR count). The van der Waals surface area contributed by atoms with Crippen LogP contribution in [0, 0.1) is 0 Å². The Morgan fingerprint density at radius 2 is 1.52 bits per heavy atom. The fraction of sp³-hybridized carbons (Fsp3) is 0.400. The van der Waals surface area contributed by atoms with E-state index in [4.69, 9.17) is 9.47 Å². The SMILES string of the molecule is CN(Cc1ccccc1)CC(O)CN(C)Cc1ccc2c(c1)OCO2. The van der Waals surface area contributed by atoms with Crippen LogP contribution in [0.25, 0.3) is 0 Å². The molecule has 25 heavy (non-hydrogen) atoms. The Kier molecular flexibility index (Phi) is 5.91. The summed E-state index contributed by atoms with van der Waals surface area (Å²) >= 11 is 0. The van der Waals surface area contributed by atoms with Crippen LogP contribution < -0.4 is 9.47 Å². The van der Waals surface area contributed by atoms with Crippen molar-refractivity contribution in [1.29, 1.82) is 0 Å². The van der Waals surface area contributed by atoms with Gasteiger partial charge in [-0.15, -0.1) is 0 Å². The quantitative estimate of drug-likeness (QED) is 0.798. The average Bonchev–Trinajstić information content (AvgIpc) is 3.02. The van der Waals surface area contributed by atoms with Crippen molar-refractivity contribution in [3.63, 3.8) is 0 Å². The Morgan fingerprint density at radius 1 is 0.880 bits per heavy atom. The largest absolute Gasteiger partial charge is 0.454 e. The van der Waals surface area contributed by atoms with Crippen LogP contribution in [0.5, 0.6) is 11.5 Å². The zero-order valence-electron chi connectivity index (χ0n) is 14.9. The van der Waals surface area contributed by atoms with Crippen LogP contribution >= 0.6 is 0 Å². The van der Waals surface area contributed by atoms with Gasteiger partial charge < -0.3 is 14.6 Å². The molecule has 0 saturated heterocycles. The van der Waals surface area contributed by atoms with Crippen molar-refractivity contribution in [2.75, 3.05) is 34.0 Å². The van der Waals surface area contributed by atoms with E-state index in [1.807, 2.05) is 50.5 Å². The molecular formula is C20H26N2O3. The molecule has 0 bridgehead atoms. The van der Waals surface area contributed by atoms with E-state index in [9.17, 15) is 5.11 Å². The molecule has 1 unspecified atom stereocenters. The molecule has 0 saturated carbocycles. The number of ether oxygens (including phenoxy) is 2. The molecule has 134 valence electrons. The van der Waals surface area contributed by atoms with Gasteiger partial charge in [0.1, 0.15) is 0 Å². The van der Waals surface area contributed by atoms with Crippen molar-refractivity contribution >= 4 is 0 Å². The van der Waals surface area contributed by atoms with Crippen molar-refractivity contribution in [2.45, 2.75) is 19.2 Å². The van der Waals surface area contributed by atoms with Gasteiger partial charge >= 0.3 is 0 Å². The normalized spacial score (nSPS) is 14.3. The maximum Gasteiger partial charge on any atom is 0.231 e. The molecule has 0 aliphatic carbocycles. The van der Waals surface area contributed by atoms with Gasteiger partial charge in [0.05, 0.1) is 6.10 Å². The third-order valence-electron chi connectivity index (χ3n) is 4.23. The zero-order chi connectivity index (χ0) is 17.6. The van der Waals surface area contributed by atoms with Crippen molar-refractivity contribution in [3.05, 3.63) is 59.7 Å². The molecule has 1 N–H and O–H groups in total. The Hall–Kier alpha value is -2.08. The predicted octanol–water partition coefficient (Wildman–Crippen LogP) is 2.34. The smallest absolute Gasteiger partial charge is 0.231 e. The van der Waals surface area contributed by atoms with Crippen LogP contribution in [0.1, 0.15) is 11.1 Å². The molecule has 2 aromatic carbocycles. The molecule has 5 heteroatoms. The van der Waals surface area contributed by atoms with Gasteiger partial charge in [0, 0.05) is 26.2 Å². The number of nitrogens with zero attached hydrogens (tertiary/aromatic N) is 2. The minimum Gasteiger partial charge on any atom is -0.454 e. The van der Waals surface area contributed by atoms with E-state index >= 15 is 0 Å². The second-order valence-electron chi connectivity index (χ2n) is 6.72. The number of fused-ring (bicyclic) bond motifs is 1. The van der Waals surface area contributed by atoms with Crippen LogP contribution in [0.15, 0.2) is 48.5 Å². The van der Waals surface area contributed by atoms with E-state index in [-0.39, 0.29) is 0 Å². The molecule has 5 nitrogen and oxygen atoms in total. The third kappa shape index (κ3) is 5.19. The highest BCUT2D eigenvalue weighted by Gasteiger charge is 2.15. The van der Waals surface area contributed by atoms with Crippen molar-refractivity contribution in [2.24, 2.45) is 0 Å². The van der Waals surface area contributed by atoms with E-state index in [1.165, 1.54) is 5.56 Å². The van der Waals surface area contributed by atoms with Gasteiger partial charge in [-0.05, 0) is 37.4 Å². The van der Waals surface area contributed by atoms with Gasteiger partial charge in [-0.25, -0.2) is 0 Å². The summed E-state index contributed by atoms with van der Waals surface area (Å²) in [4.78, 5) is 4.27. The summed E-state index contributed by atoms with van der Waals surface area (Å²) in [5.41, 5.74) is 2.41. The lowest BCUT2D eigenvalue weighted by Gasteiger charge is -2.25. The van der Waals surface area contributed by atoms with E-state index in [1.54, 1.807) is 0 Å². The molecule has 0 fully saturated rings. The fourth-order valence-electron chi connectivity index (χ4n) is 3.15. The lowest BCUT2D eigenvalue weighted by molar-refractivity contribution is 0.0867. The number of rotatable bonds is 8. The summed E-state index contributed by atoms with van der Waals surface area (Å²) in [6, 6.07) is 16.3. The highest BCUT2D eigenvalue weighted by molar-refractivity contribution is 5.44. The summed E-state index contributed by atoms with van der Waals surface area (Å²) in [5, 5.41) is 10.4. The highest BCUT2D eigenvalue weighted by atomic mass is 16.7. The van der Waals surface area contributed by atoms with Crippen LogP contribution in [0.3, 0.4) is 0 Å². The number of benzene rings is 2. The second kappa shape index (κ2) is 8.34. The number of likely N-dealkylation sites (N-methyl/N-ethyl adjacent to an activating group) is 2. The molecule has 1 heterocycles. The predicted molar refractivity (Wildman–Crippen MR) is 97.7 cm³/mol. The van der Waals surface area contributed by atoms with Crippen LogP contribution in [0.2, 0.25) is 0 Å². The first kappa shape index (κ1) is 17.7. The summed E-state index contributed by atoms with van der Waals surface area (Å²) in [6.07, 6.45) is -0.396. The Morgan fingerprint density at radius 3 is 2.24 bits per heavy atom. The van der Waals surface area contributed by atoms with E-state index in [0.717, 1.165) is 30.2 Å². The average molecular weight is 342 g/mol. The molecule has 0 amide bonds. The maximum atomic E-state index is 10.4. The summed E-state index contributed by atoms with van der Waals surface area (Å²) in [6.45, 7) is 3.15. The van der Waals surface area contributed by atoms with E-state index in [2.05, 4.69) is 21.9 Å². The van der Waals surface area contributed by atoms with Crippen molar-refractivity contribution < 1.29 is 14.6 Å². The number of aliphatic hydroxyl groups is 1. The van der Waals surface area contributed by atoms with Gasteiger partial charge in [0.15, 0.2) is 11.5 Å². The monoisotopic (exact) mass is 342 g/mol. The molecule has 0 radical (unpaired) electrons. The molecular weight excluding hydrogens is 316 g/mol. The topological polar surface area (TPSA) is 45.2 Å². The van der Waals surface area contributed by atoms with Gasteiger partial charge in [0.2, 0.25) is 6.79 Å².